The Labute approximate surface area is 158 Å². The smallest absolute Gasteiger partial charge is 0.337 e. The van der Waals surface area contributed by atoms with Gasteiger partial charge in [-0.25, -0.2) is 13.2 Å². The molecule has 0 atom stereocenters. The third-order valence-corrected chi connectivity index (χ3v) is 6.24. The zero-order valence-electron chi connectivity index (χ0n) is 15.2. The molecule has 0 saturated heterocycles. The summed E-state index contributed by atoms with van der Waals surface area (Å²) in [5.41, 5.74) is 2.24. The predicted octanol–water partition coefficient (Wildman–Crippen LogP) is 3.18. The molecule has 0 saturated carbocycles. The Morgan fingerprint density at radius 2 is 1.89 bits per heavy atom. The topological polar surface area (TPSA) is 83.9 Å². The number of fused-ring (bicyclic) bond motifs is 1. The minimum atomic E-state index is -3.72. The second-order valence-corrected chi connectivity index (χ2v) is 8.30. The standard InChI is InChI=1S/C20H21NO5S/c1-14-8-9-18-17(12-14)19(22)16(20(23)26-2)10-11-21(18)27(24,25)13-15-6-4-3-5-7-15/h3-9,12,22H,10-11,13H2,1-2H3. The second-order valence-electron chi connectivity index (χ2n) is 6.40. The quantitative estimate of drug-likeness (QED) is 0.815. The molecule has 142 valence electrons. The number of anilines is 1. The molecule has 1 aliphatic rings. The van der Waals surface area contributed by atoms with Crippen LogP contribution in [-0.2, 0) is 25.3 Å². The highest BCUT2D eigenvalue weighted by atomic mass is 32.2. The van der Waals surface area contributed by atoms with Gasteiger partial charge in [-0.15, -0.1) is 0 Å². The van der Waals surface area contributed by atoms with E-state index >= 15 is 0 Å². The van der Waals surface area contributed by atoms with Gasteiger partial charge in [-0.05, 0) is 24.6 Å². The van der Waals surface area contributed by atoms with Gasteiger partial charge in [0.1, 0.15) is 5.76 Å². The molecular formula is C20H21NO5S. The third-order valence-electron chi connectivity index (χ3n) is 4.49. The first-order chi connectivity index (χ1) is 12.8. The number of esters is 1. The van der Waals surface area contributed by atoms with Crippen LogP contribution in [0.2, 0.25) is 0 Å². The summed E-state index contributed by atoms with van der Waals surface area (Å²) in [4.78, 5) is 12.1. The first-order valence-corrected chi connectivity index (χ1v) is 10.1. The second kappa shape index (κ2) is 7.44. The predicted molar refractivity (Wildman–Crippen MR) is 104 cm³/mol. The summed E-state index contributed by atoms with van der Waals surface area (Å²) in [5, 5.41) is 10.7. The van der Waals surface area contributed by atoms with Crippen LogP contribution in [0.25, 0.3) is 5.76 Å². The molecule has 0 aromatic heterocycles. The molecule has 1 heterocycles. The van der Waals surface area contributed by atoms with E-state index in [0.717, 1.165) is 5.56 Å². The molecule has 0 radical (unpaired) electrons. The van der Waals surface area contributed by atoms with Gasteiger partial charge in [0.15, 0.2) is 0 Å². The van der Waals surface area contributed by atoms with Crippen molar-refractivity contribution in [3.05, 3.63) is 70.8 Å². The SMILES string of the molecule is COC(=O)C1=C(O)c2cc(C)ccc2N(S(=O)(=O)Cc2ccccc2)CC1. The molecule has 0 unspecified atom stereocenters. The van der Waals surface area contributed by atoms with Crippen molar-refractivity contribution in [2.45, 2.75) is 19.1 Å². The Morgan fingerprint density at radius 1 is 1.19 bits per heavy atom. The van der Waals surface area contributed by atoms with Crippen LogP contribution >= 0.6 is 0 Å². The van der Waals surface area contributed by atoms with Crippen LogP contribution in [-0.4, -0.2) is 33.1 Å². The van der Waals surface area contributed by atoms with Gasteiger partial charge < -0.3 is 9.84 Å². The molecule has 2 aromatic carbocycles. The van der Waals surface area contributed by atoms with Crippen molar-refractivity contribution in [1.82, 2.24) is 0 Å². The summed E-state index contributed by atoms with van der Waals surface area (Å²) < 4.78 is 32.3. The van der Waals surface area contributed by atoms with Gasteiger partial charge in [0.05, 0.1) is 24.1 Å². The van der Waals surface area contributed by atoms with Crippen molar-refractivity contribution in [2.24, 2.45) is 0 Å². The molecule has 6 nitrogen and oxygen atoms in total. The fourth-order valence-electron chi connectivity index (χ4n) is 3.15. The fraction of sp³-hybridized carbons (Fsp3) is 0.250. The lowest BCUT2D eigenvalue weighted by Crippen LogP contribution is -2.33. The highest BCUT2D eigenvalue weighted by Gasteiger charge is 2.32. The van der Waals surface area contributed by atoms with Crippen LogP contribution in [0.1, 0.15) is 23.1 Å². The van der Waals surface area contributed by atoms with Crippen LogP contribution in [0.4, 0.5) is 5.69 Å². The van der Waals surface area contributed by atoms with E-state index in [2.05, 4.69) is 0 Å². The number of hydrogen-bond donors (Lipinski definition) is 1. The minimum Gasteiger partial charge on any atom is -0.507 e. The zero-order chi connectivity index (χ0) is 19.6. The highest BCUT2D eigenvalue weighted by molar-refractivity contribution is 7.92. The third kappa shape index (κ3) is 3.83. The number of ether oxygens (including phenoxy) is 1. The van der Waals surface area contributed by atoms with Gasteiger partial charge in [0.25, 0.3) is 0 Å². The van der Waals surface area contributed by atoms with Gasteiger partial charge >= 0.3 is 5.97 Å². The molecule has 0 fully saturated rings. The van der Waals surface area contributed by atoms with E-state index in [0.29, 0.717) is 16.8 Å². The normalized spacial score (nSPS) is 14.5. The Kier molecular flexibility index (Phi) is 5.23. The number of sulfonamides is 1. The van der Waals surface area contributed by atoms with E-state index in [-0.39, 0.29) is 30.1 Å². The summed E-state index contributed by atoms with van der Waals surface area (Å²) in [6.07, 6.45) is 0.0558. The Bertz CT molecular complexity index is 996. The van der Waals surface area contributed by atoms with E-state index in [4.69, 9.17) is 4.74 Å². The van der Waals surface area contributed by atoms with E-state index in [1.54, 1.807) is 42.5 Å². The number of nitrogens with zero attached hydrogens (tertiary/aromatic N) is 1. The Balaban J connectivity index is 2.08. The van der Waals surface area contributed by atoms with Crippen molar-refractivity contribution in [3.63, 3.8) is 0 Å². The molecule has 1 aliphatic heterocycles. The molecule has 0 spiro atoms. The molecule has 7 heteroatoms. The van der Waals surface area contributed by atoms with E-state index in [9.17, 15) is 18.3 Å². The maximum Gasteiger partial charge on any atom is 0.337 e. The van der Waals surface area contributed by atoms with E-state index in [1.807, 2.05) is 13.0 Å². The molecule has 3 rings (SSSR count). The minimum absolute atomic E-state index is 0.0414. The number of methoxy groups -OCH3 is 1. The lowest BCUT2D eigenvalue weighted by Gasteiger charge is -2.25. The van der Waals surface area contributed by atoms with Crippen LogP contribution < -0.4 is 4.31 Å². The van der Waals surface area contributed by atoms with Crippen molar-refractivity contribution in [2.75, 3.05) is 18.0 Å². The largest absolute Gasteiger partial charge is 0.507 e. The number of aliphatic hydroxyl groups is 1. The highest BCUT2D eigenvalue weighted by Crippen LogP contribution is 2.35. The first kappa shape index (κ1) is 19.0. The van der Waals surface area contributed by atoms with Crippen LogP contribution in [0, 0.1) is 6.92 Å². The van der Waals surface area contributed by atoms with Gasteiger partial charge in [-0.3, -0.25) is 4.31 Å². The average Bonchev–Trinajstić information content (AvgIpc) is 2.79. The van der Waals surface area contributed by atoms with Crippen molar-refractivity contribution >= 4 is 27.4 Å². The van der Waals surface area contributed by atoms with Crippen LogP contribution in [0.5, 0.6) is 0 Å². The number of aliphatic hydroxyl groups excluding tert-OH is 1. The number of aryl methyl sites for hydroxylation is 1. The molecule has 27 heavy (non-hydrogen) atoms. The number of carbonyl (C=O) groups is 1. The van der Waals surface area contributed by atoms with E-state index in [1.165, 1.54) is 11.4 Å². The van der Waals surface area contributed by atoms with Crippen molar-refractivity contribution < 1.29 is 23.1 Å². The molecule has 1 N–H and O–H groups in total. The maximum atomic E-state index is 13.1. The Morgan fingerprint density at radius 3 is 2.56 bits per heavy atom. The summed E-state index contributed by atoms with van der Waals surface area (Å²) in [6.45, 7) is 1.87. The number of rotatable bonds is 4. The average molecular weight is 387 g/mol. The van der Waals surface area contributed by atoms with Crippen molar-refractivity contribution in [3.8, 4) is 0 Å². The molecule has 2 aromatic rings. The summed E-state index contributed by atoms with van der Waals surface area (Å²) in [5.74, 6) is -1.07. The number of hydrogen-bond acceptors (Lipinski definition) is 5. The Hall–Kier alpha value is -2.80. The van der Waals surface area contributed by atoms with Crippen LogP contribution in [0.15, 0.2) is 54.1 Å². The van der Waals surface area contributed by atoms with Gasteiger partial charge in [0.2, 0.25) is 10.0 Å². The first-order valence-electron chi connectivity index (χ1n) is 8.49. The summed E-state index contributed by atoms with van der Waals surface area (Å²) in [6, 6.07) is 14.0. The lowest BCUT2D eigenvalue weighted by molar-refractivity contribution is -0.136. The lowest BCUT2D eigenvalue weighted by atomic mass is 10.0. The number of carbonyl (C=O) groups excluding carboxylic acids is 1. The molecular weight excluding hydrogens is 366 g/mol. The van der Waals surface area contributed by atoms with Crippen molar-refractivity contribution in [1.29, 1.82) is 0 Å². The zero-order valence-corrected chi connectivity index (χ0v) is 16.0. The fourth-order valence-corrected chi connectivity index (χ4v) is 4.74. The van der Waals surface area contributed by atoms with Gasteiger partial charge in [-0.2, -0.15) is 0 Å². The molecule has 0 amide bonds. The van der Waals surface area contributed by atoms with Gasteiger partial charge in [-0.1, -0.05) is 42.0 Å². The maximum absolute atomic E-state index is 13.1. The van der Waals surface area contributed by atoms with Crippen LogP contribution in [0.3, 0.4) is 0 Å². The number of benzene rings is 2. The van der Waals surface area contributed by atoms with Gasteiger partial charge in [0, 0.05) is 18.5 Å². The van der Waals surface area contributed by atoms with E-state index < -0.39 is 16.0 Å². The molecule has 0 bridgehead atoms. The monoisotopic (exact) mass is 387 g/mol. The summed E-state index contributed by atoms with van der Waals surface area (Å²) in [7, 11) is -2.49. The molecule has 0 aliphatic carbocycles. The summed E-state index contributed by atoms with van der Waals surface area (Å²) >= 11 is 0.